The van der Waals surface area contributed by atoms with E-state index in [-0.39, 0.29) is 11.7 Å². The first-order chi connectivity index (χ1) is 17.0. The highest BCUT2D eigenvalue weighted by atomic mass is 79.9. The lowest BCUT2D eigenvalue weighted by atomic mass is 10.2. The van der Waals surface area contributed by atoms with Gasteiger partial charge in [0.25, 0.3) is 11.1 Å². The minimum absolute atomic E-state index is 0.121. The summed E-state index contributed by atoms with van der Waals surface area (Å²) in [6.45, 7) is 2.72. The van der Waals surface area contributed by atoms with Gasteiger partial charge in [-0.05, 0) is 70.4 Å². The number of thioether (sulfide) groups is 1. The van der Waals surface area contributed by atoms with Gasteiger partial charge in [0.05, 0.1) is 23.0 Å². The predicted octanol–water partition coefficient (Wildman–Crippen LogP) is 6.46. The molecule has 0 saturated carbocycles. The third kappa shape index (κ3) is 7.00. The number of oxazole rings is 1. The quantitative estimate of drug-likeness (QED) is 0.133. The lowest BCUT2D eigenvalue weighted by Gasteiger charge is -2.14. The van der Waals surface area contributed by atoms with Crippen LogP contribution in [0.3, 0.4) is 0 Å². The number of hydrogen-bond donors (Lipinski definition) is 1. The van der Waals surface area contributed by atoms with Crippen LogP contribution < -0.4 is 14.9 Å². The van der Waals surface area contributed by atoms with E-state index in [1.165, 1.54) is 18.0 Å². The normalized spacial score (nSPS) is 11.2. The summed E-state index contributed by atoms with van der Waals surface area (Å²) in [6.07, 6.45) is 1.54. The molecule has 4 aromatic rings. The summed E-state index contributed by atoms with van der Waals surface area (Å²) < 4.78 is 18.1. The van der Waals surface area contributed by atoms with Crippen molar-refractivity contribution >= 4 is 62.5 Å². The number of halogens is 2. The van der Waals surface area contributed by atoms with Crippen molar-refractivity contribution < 1.29 is 18.7 Å². The molecule has 10 heteroatoms. The number of benzene rings is 3. The lowest BCUT2D eigenvalue weighted by Crippen LogP contribution is -2.19. The van der Waals surface area contributed by atoms with Crippen molar-refractivity contribution in [3.05, 3.63) is 81.3 Å². The molecule has 0 fully saturated rings. The largest absolute Gasteiger partial charge is 0.490 e. The Morgan fingerprint density at radius 1 is 1.20 bits per heavy atom. The summed E-state index contributed by atoms with van der Waals surface area (Å²) in [5, 5.41) is 5.16. The molecule has 1 aromatic heterocycles. The molecular formula is C25H21BrClN3O4S. The van der Waals surface area contributed by atoms with E-state index >= 15 is 0 Å². The molecule has 0 atom stereocenters. The molecule has 0 spiro atoms. The number of fused-ring (bicyclic) bond motifs is 1. The number of ether oxygens (including phenoxy) is 2. The fraction of sp³-hybridized carbons (Fsp3) is 0.160. The Morgan fingerprint density at radius 2 is 2.00 bits per heavy atom. The second kappa shape index (κ2) is 12.1. The van der Waals surface area contributed by atoms with Crippen LogP contribution in [0.25, 0.3) is 11.1 Å². The van der Waals surface area contributed by atoms with Crippen LogP contribution in [0, 0.1) is 0 Å². The monoisotopic (exact) mass is 573 g/mol. The molecule has 4 rings (SSSR count). The van der Waals surface area contributed by atoms with E-state index < -0.39 is 0 Å². The van der Waals surface area contributed by atoms with Crippen molar-refractivity contribution in [1.29, 1.82) is 0 Å². The molecule has 1 N–H and O–H groups in total. The molecule has 0 unspecified atom stereocenters. The van der Waals surface area contributed by atoms with Crippen LogP contribution in [0.2, 0.25) is 5.02 Å². The third-order valence-corrected chi connectivity index (χ3v) is 6.30. The van der Waals surface area contributed by atoms with Gasteiger partial charge in [0.15, 0.2) is 17.1 Å². The van der Waals surface area contributed by atoms with Crippen LogP contribution in [0.5, 0.6) is 11.5 Å². The Balaban J connectivity index is 1.35. The Labute approximate surface area is 220 Å². The molecule has 35 heavy (non-hydrogen) atoms. The molecule has 0 aliphatic carbocycles. The third-order valence-electron chi connectivity index (χ3n) is 4.63. The fourth-order valence-corrected chi connectivity index (χ4v) is 4.38. The molecule has 7 nitrogen and oxygen atoms in total. The highest BCUT2D eigenvalue weighted by Crippen LogP contribution is 2.37. The maximum Gasteiger partial charge on any atom is 0.257 e. The second-order valence-corrected chi connectivity index (χ2v) is 9.42. The highest BCUT2D eigenvalue weighted by molar-refractivity contribution is 9.10. The number of rotatable bonds is 10. The minimum atomic E-state index is -0.277. The zero-order valence-electron chi connectivity index (χ0n) is 18.7. The molecule has 0 bridgehead atoms. The van der Waals surface area contributed by atoms with E-state index in [0.29, 0.717) is 45.0 Å². The van der Waals surface area contributed by atoms with E-state index in [0.717, 1.165) is 16.6 Å². The number of amides is 1. The predicted molar refractivity (Wildman–Crippen MR) is 142 cm³/mol. The Kier molecular flexibility index (Phi) is 8.68. The van der Waals surface area contributed by atoms with Crippen molar-refractivity contribution in [3.63, 3.8) is 0 Å². The number of nitrogens with one attached hydrogen (secondary N) is 1. The van der Waals surface area contributed by atoms with Gasteiger partial charge in [-0.1, -0.05) is 47.6 Å². The Bertz CT molecular complexity index is 1310. The molecule has 0 saturated heterocycles. The average Bonchev–Trinajstić information content (AvgIpc) is 3.27. The number of nitrogens with zero attached hydrogens (tertiary/aromatic N) is 2. The first-order valence-corrected chi connectivity index (χ1v) is 12.8. The number of para-hydroxylation sites is 2. The van der Waals surface area contributed by atoms with E-state index in [2.05, 4.69) is 31.4 Å². The molecule has 180 valence electrons. The molecule has 0 aliphatic heterocycles. The highest BCUT2D eigenvalue weighted by Gasteiger charge is 2.13. The van der Waals surface area contributed by atoms with Gasteiger partial charge in [0.1, 0.15) is 12.1 Å². The minimum Gasteiger partial charge on any atom is -0.490 e. The summed E-state index contributed by atoms with van der Waals surface area (Å²) in [4.78, 5) is 16.5. The van der Waals surface area contributed by atoms with Gasteiger partial charge in [-0.25, -0.2) is 10.4 Å². The second-order valence-electron chi connectivity index (χ2n) is 7.21. The molecule has 0 aliphatic rings. The average molecular weight is 575 g/mol. The zero-order valence-corrected chi connectivity index (χ0v) is 21.8. The summed E-state index contributed by atoms with van der Waals surface area (Å²) in [7, 11) is 0. The standard InChI is InChI=1S/C25H21BrClN3O4S/c1-2-32-22-12-17(11-19(26)24(22)33-14-16-7-9-18(27)10-8-16)13-28-30-23(31)15-35-25-29-20-5-3-4-6-21(20)34-25/h3-13H,2,14-15H2,1H3,(H,30,31)/b28-13-. The fourth-order valence-electron chi connectivity index (χ4n) is 3.05. The smallest absolute Gasteiger partial charge is 0.257 e. The zero-order chi connectivity index (χ0) is 24.6. The van der Waals surface area contributed by atoms with Crippen LogP contribution in [0.4, 0.5) is 0 Å². The van der Waals surface area contributed by atoms with E-state index in [1.54, 1.807) is 6.07 Å². The van der Waals surface area contributed by atoms with Crippen LogP contribution >= 0.6 is 39.3 Å². The van der Waals surface area contributed by atoms with Crippen molar-refractivity contribution in [1.82, 2.24) is 10.4 Å². The van der Waals surface area contributed by atoms with E-state index in [4.69, 9.17) is 25.5 Å². The maximum absolute atomic E-state index is 12.2. The molecule has 1 amide bonds. The van der Waals surface area contributed by atoms with Gasteiger partial charge in [0, 0.05) is 5.02 Å². The van der Waals surface area contributed by atoms with E-state index in [9.17, 15) is 4.79 Å². The lowest BCUT2D eigenvalue weighted by molar-refractivity contribution is -0.118. The molecule has 0 radical (unpaired) electrons. The van der Waals surface area contributed by atoms with Crippen molar-refractivity contribution in [2.75, 3.05) is 12.4 Å². The first kappa shape index (κ1) is 25.1. The SMILES string of the molecule is CCOc1cc(/C=N\NC(=O)CSc2nc3ccccc3o2)cc(Br)c1OCc1ccc(Cl)cc1. The van der Waals surface area contributed by atoms with Crippen LogP contribution in [0.1, 0.15) is 18.1 Å². The van der Waals surface area contributed by atoms with Crippen LogP contribution in [-0.4, -0.2) is 29.5 Å². The number of hydrogen-bond acceptors (Lipinski definition) is 7. The van der Waals surface area contributed by atoms with Gasteiger partial charge in [0.2, 0.25) is 0 Å². The van der Waals surface area contributed by atoms with Gasteiger partial charge >= 0.3 is 0 Å². The van der Waals surface area contributed by atoms with Gasteiger partial charge < -0.3 is 13.9 Å². The summed E-state index contributed by atoms with van der Waals surface area (Å²) in [6, 6.07) is 18.5. The maximum atomic E-state index is 12.2. The molecule has 3 aromatic carbocycles. The Morgan fingerprint density at radius 3 is 2.77 bits per heavy atom. The van der Waals surface area contributed by atoms with E-state index in [1.807, 2.05) is 61.5 Å². The number of carbonyl (C=O) groups is 1. The first-order valence-electron chi connectivity index (χ1n) is 10.7. The number of hydrazone groups is 1. The van der Waals surface area contributed by atoms with Crippen LogP contribution in [-0.2, 0) is 11.4 Å². The number of aromatic nitrogens is 1. The van der Waals surface area contributed by atoms with Gasteiger partial charge in [-0.15, -0.1) is 0 Å². The van der Waals surface area contributed by atoms with Crippen molar-refractivity contribution in [3.8, 4) is 11.5 Å². The van der Waals surface area contributed by atoms with Gasteiger partial charge in [-0.2, -0.15) is 5.10 Å². The van der Waals surface area contributed by atoms with Crippen molar-refractivity contribution in [2.24, 2.45) is 5.10 Å². The summed E-state index contributed by atoms with van der Waals surface area (Å²) in [5.74, 6) is 0.989. The topological polar surface area (TPSA) is 86.0 Å². The van der Waals surface area contributed by atoms with Gasteiger partial charge in [-0.3, -0.25) is 4.79 Å². The van der Waals surface area contributed by atoms with Crippen molar-refractivity contribution in [2.45, 2.75) is 18.8 Å². The summed E-state index contributed by atoms with van der Waals surface area (Å²) >= 11 is 10.7. The molecule has 1 heterocycles. The Hall–Kier alpha value is -3.01. The van der Waals surface area contributed by atoms with Crippen LogP contribution in [0.15, 0.2) is 79.9 Å². The number of carbonyl (C=O) groups excluding carboxylic acids is 1. The molecular weight excluding hydrogens is 554 g/mol. The summed E-state index contributed by atoms with van der Waals surface area (Å²) in [5.41, 5.74) is 5.66.